The van der Waals surface area contributed by atoms with Crippen LogP contribution in [-0.4, -0.2) is 0 Å². The fourth-order valence-electron chi connectivity index (χ4n) is 4.97. The lowest BCUT2D eigenvalue weighted by Crippen LogP contribution is -1.90. The van der Waals surface area contributed by atoms with Crippen LogP contribution in [0.3, 0.4) is 0 Å². The van der Waals surface area contributed by atoms with Crippen LogP contribution in [0.2, 0.25) is 0 Å². The summed E-state index contributed by atoms with van der Waals surface area (Å²) in [6, 6.07) is 47.8. The van der Waals surface area contributed by atoms with Crippen LogP contribution in [0.4, 0.5) is 11.4 Å². The van der Waals surface area contributed by atoms with Crippen LogP contribution in [0.15, 0.2) is 133 Å². The molecular formula is C34H23NS. The Kier molecular flexibility index (Phi) is 5.04. The smallest absolute Gasteiger partial charge is 0.0433 e. The lowest BCUT2D eigenvalue weighted by molar-refractivity contribution is 1.54. The minimum atomic E-state index is 1.08. The van der Waals surface area contributed by atoms with E-state index in [4.69, 9.17) is 0 Å². The summed E-state index contributed by atoms with van der Waals surface area (Å²) in [5.41, 5.74) is 7.10. The molecule has 1 aromatic heterocycles. The topological polar surface area (TPSA) is 12.0 Å². The number of nitrogens with one attached hydrogen (secondary N) is 1. The Morgan fingerprint density at radius 3 is 1.75 bits per heavy atom. The lowest BCUT2D eigenvalue weighted by atomic mass is 10.0. The lowest BCUT2D eigenvalue weighted by Gasteiger charge is -2.09. The molecule has 0 atom stereocenters. The van der Waals surface area contributed by atoms with Crippen molar-refractivity contribution in [1.29, 1.82) is 0 Å². The summed E-state index contributed by atoms with van der Waals surface area (Å²) in [6.07, 6.45) is 0. The number of benzene rings is 6. The highest BCUT2D eigenvalue weighted by Gasteiger charge is 2.10. The van der Waals surface area contributed by atoms with Crippen molar-refractivity contribution in [3.8, 4) is 22.3 Å². The molecule has 7 aromatic rings. The summed E-state index contributed by atoms with van der Waals surface area (Å²) >= 11 is 1.89. The van der Waals surface area contributed by atoms with Gasteiger partial charge in [0.2, 0.25) is 0 Å². The number of hydrogen-bond acceptors (Lipinski definition) is 2. The normalized spacial score (nSPS) is 11.3. The van der Waals surface area contributed by atoms with Crippen molar-refractivity contribution >= 4 is 53.7 Å². The highest BCUT2D eigenvalue weighted by molar-refractivity contribution is 7.26. The third kappa shape index (κ3) is 3.73. The number of anilines is 2. The van der Waals surface area contributed by atoms with Crippen LogP contribution in [0.5, 0.6) is 0 Å². The maximum absolute atomic E-state index is 3.53. The molecule has 36 heavy (non-hydrogen) atoms. The van der Waals surface area contributed by atoms with Gasteiger partial charge in [0, 0.05) is 31.5 Å². The van der Waals surface area contributed by atoms with Crippen molar-refractivity contribution in [2.45, 2.75) is 0 Å². The van der Waals surface area contributed by atoms with Crippen LogP contribution in [0, 0.1) is 0 Å². The molecule has 1 heterocycles. The van der Waals surface area contributed by atoms with Crippen molar-refractivity contribution < 1.29 is 0 Å². The van der Waals surface area contributed by atoms with E-state index < -0.39 is 0 Å². The zero-order chi connectivity index (χ0) is 23.9. The molecule has 1 nitrogen and oxygen atoms in total. The molecule has 0 saturated carbocycles. The van der Waals surface area contributed by atoms with Gasteiger partial charge in [0.05, 0.1) is 0 Å². The van der Waals surface area contributed by atoms with E-state index >= 15 is 0 Å². The molecule has 1 N–H and O–H groups in total. The van der Waals surface area contributed by atoms with Gasteiger partial charge in [-0.25, -0.2) is 0 Å². The number of rotatable bonds is 4. The molecule has 0 unspecified atom stereocenters. The standard InChI is InChI=1S/C34H23NS/c1-2-6-23(7-3-1)24-10-16-28(17-11-24)35-29-18-12-25(13-19-29)27-15-20-31-32-21-14-26-8-4-5-9-30(26)34(32)36-33(31)22-27/h1-22,35H. The van der Waals surface area contributed by atoms with Gasteiger partial charge in [-0.3, -0.25) is 0 Å². The van der Waals surface area contributed by atoms with Gasteiger partial charge in [-0.2, -0.15) is 0 Å². The molecule has 0 fully saturated rings. The first-order valence-corrected chi connectivity index (χ1v) is 13.0. The second-order valence-electron chi connectivity index (χ2n) is 9.12. The fraction of sp³-hybridized carbons (Fsp3) is 0. The predicted octanol–water partition coefficient (Wildman–Crippen LogP) is 10.3. The van der Waals surface area contributed by atoms with E-state index in [9.17, 15) is 0 Å². The molecule has 0 bridgehead atoms. The molecule has 6 aromatic carbocycles. The number of thiophene rings is 1. The predicted molar refractivity (Wildman–Crippen MR) is 157 cm³/mol. The summed E-state index contributed by atoms with van der Waals surface area (Å²) < 4.78 is 2.71. The van der Waals surface area contributed by atoms with Gasteiger partial charge in [-0.15, -0.1) is 11.3 Å². The molecular weight excluding hydrogens is 454 g/mol. The van der Waals surface area contributed by atoms with Gasteiger partial charge >= 0.3 is 0 Å². The third-order valence-electron chi connectivity index (χ3n) is 6.86. The molecule has 0 aliphatic carbocycles. The second kappa shape index (κ2) is 8.67. The highest BCUT2D eigenvalue weighted by atomic mass is 32.1. The second-order valence-corrected chi connectivity index (χ2v) is 10.2. The van der Waals surface area contributed by atoms with Gasteiger partial charge in [0.25, 0.3) is 0 Å². The minimum absolute atomic E-state index is 1.08. The molecule has 0 radical (unpaired) electrons. The molecule has 7 rings (SSSR count). The zero-order valence-electron chi connectivity index (χ0n) is 19.6. The molecule has 2 heteroatoms. The molecule has 0 aliphatic rings. The molecule has 0 aliphatic heterocycles. The van der Waals surface area contributed by atoms with Crippen molar-refractivity contribution in [3.05, 3.63) is 133 Å². The Morgan fingerprint density at radius 1 is 0.417 bits per heavy atom. The highest BCUT2D eigenvalue weighted by Crippen LogP contribution is 2.40. The van der Waals surface area contributed by atoms with E-state index in [2.05, 4.69) is 133 Å². The van der Waals surface area contributed by atoms with Crippen molar-refractivity contribution in [3.63, 3.8) is 0 Å². The Bertz CT molecular complexity index is 1830. The fourth-order valence-corrected chi connectivity index (χ4v) is 6.25. The Hall–Kier alpha value is -4.40. The monoisotopic (exact) mass is 477 g/mol. The Balaban J connectivity index is 1.15. The molecule has 170 valence electrons. The van der Waals surface area contributed by atoms with Gasteiger partial charge in [-0.05, 0) is 63.4 Å². The van der Waals surface area contributed by atoms with Gasteiger partial charge in [0.15, 0.2) is 0 Å². The van der Waals surface area contributed by atoms with Crippen LogP contribution < -0.4 is 5.32 Å². The van der Waals surface area contributed by atoms with Crippen LogP contribution in [0.25, 0.3) is 53.2 Å². The average Bonchev–Trinajstić information content (AvgIpc) is 3.33. The first-order valence-electron chi connectivity index (χ1n) is 12.2. The van der Waals surface area contributed by atoms with Crippen molar-refractivity contribution in [2.75, 3.05) is 5.32 Å². The van der Waals surface area contributed by atoms with E-state index in [1.807, 2.05) is 17.4 Å². The van der Waals surface area contributed by atoms with Crippen molar-refractivity contribution in [1.82, 2.24) is 0 Å². The summed E-state index contributed by atoms with van der Waals surface area (Å²) in [5.74, 6) is 0. The maximum atomic E-state index is 3.53. The SMILES string of the molecule is c1ccc(-c2ccc(Nc3ccc(-c4ccc5c(c4)sc4c6ccccc6ccc54)cc3)cc2)cc1. The van der Waals surface area contributed by atoms with Crippen LogP contribution in [-0.2, 0) is 0 Å². The van der Waals surface area contributed by atoms with E-state index in [0.29, 0.717) is 0 Å². The summed E-state index contributed by atoms with van der Waals surface area (Å²) in [5, 5.41) is 8.85. The van der Waals surface area contributed by atoms with Gasteiger partial charge < -0.3 is 5.32 Å². The minimum Gasteiger partial charge on any atom is -0.356 e. The first-order chi connectivity index (χ1) is 17.8. The molecule has 0 amide bonds. The summed E-state index contributed by atoms with van der Waals surface area (Å²) in [4.78, 5) is 0. The summed E-state index contributed by atoms with van der Waals surface area (Å²) in [6.45, 7) is 0. The average molecular weight is 478 g/mol. The zero-order valence-corrected chi connectivity index (χ0v) is 20.4. The molecule has 0 saturated heterocycles. The van der Waals surface area contributed by atoms with E-state index in [1.54, 1.807) is 0 Å². The number of fused-ring (bicyclic) bond motifs is 5. The Labute approximate surface area is 214 Å². The Morgan fingerprint density at radius 2 is 1.00 bits per heavy atom. The van der Waals surface area contributed by atoms with Gasteiger partial charge in [-0.1, -0.05) is 103 Å². The first kappa shape index (κ1) is 20.9. The maximum Gasteiger partial charge on any atom is 0.0433 e. The van der Waals surface area contributed by atoms with Crippen LogP contribution in [0.1, 0.15) is 0 Å². The third-order valence-corrected chi connectivity index (χ3v) is 8.06. The molecule has 0 spiro atoms. The van der Waals surface area contributed by atoms with E-state index in [-0.39, 0.29) is 0 Å². The van der Waals surface area contributed by atoms with Crippen LogP contribution >= 0.6 is 11.3 Å². The van der Waals surface area contributed by atoms with Gasteiger partial charge in [0.1, 0.15) is 0 Å². The van der Waals surface area contributed by atoms with E-state index in [0.717, 1.165) is 11.4 Å². The summed E-state index contributed by atoms with van der Waals surface area (Å²) in [7, 11) is 0. The van der Waals surface area contributed by atoms with E-state index in [1.165, 1.54) is 53.2 Å². The van der Waals surface area contributed by atoms with Crippen molar-refractivity contribution in [2.24, 2.45) is 0 Å². The largest absolute Gasteiger partial charge is 0.356 e. The number of hydrogen-bond donors (Lipinski definition) is 1. The quantitative estimate of drug-likeness (QED) is 0.266.